The van der Waals surface area contributed by atoms with Crippen LogP contribution < -0.4 is 4.90 Å². The van der Waals surface area contributed by atoms with Crippen molar-refractivity contribution in [3.05, 3.63) is 33.9 Å². The molecule has 88 valence electrons. The maximum Gasteiger partial charge on any atom is 0.292 e. The summed E-state index contributed by atoms with van der Waals surface area (Å²) in [5.74, 6) is 1.93. The van der Waals surface area contributed by atoms with Crippen LogP contribution in [0, 0.1) is 21.4 Å². The lowest BCUT2D eigenvalue weighted by atomic mass is 10.1. The van der Waals surface area contributed by atoms with E-state index in [4.69, 9.17) is 5.26 Å². The smallest absolute Gasteiger partial charge is 0.292 e. The number of nitro groups is 1. The van der Waals surface area contributed by atoms with E-state index in [9.17, 15) is 10.1 Å². The Morgan fingerprint density at radius 2 is 2.12 bits per heavy atom. The minimum atomic E-state index is -0.391. The van der Waals surface area contributed by atoms with Crippen molar-refractivity contribution in [1.29, 1.82) is 5.26 Å². The van der Waals surface area contributed by atoms with Gasteiger partial charge in [0, 0.05) is 30.7 Å². The Morgan fingerprint density at radius 3 is 2.71 bits per heavy atom. The van der Waals surface area contributed by atoms with Crippen molar-refractivity contribution in [1.82, 2.24) is 0 Å². The molecule has 1 aromatic carbocycles. The minimum Gasteiger partial charge on any atom is -0.364 e. The van der Waals surface area contributed by atoms with Gasteiger partial charge in [0.05, 0.1) is 16.6 Å². The van der Waals surface area contributed by atoms with Crippen LogP contribution >= 0.6 is 11.8 Å². The van der Waals surface area contributed by atoms with Crippen LogP contribution in [0.1, 0.15) is 5.56 Å². The highest BCUT2D eigenvalue weighted by Crippen LogP contribution is 2.30. The lowest BCUT2D eigenvalue weighted by Crippen LogP contribution is -2.32. The van der Waals surface area contributed by atoms with Gasteiger partial charge in [0.25, 0.3) is 5.69 Å². The topological polar surface area (TPSA) is 70.2 Å². The molecule has 6 heteroatoms. The van der Waals surface area contributed by atoms with Crippen LogP contribution in [0.3, 0.4) is 0 Å². The highest BCUT2D eigenvalue weighted by molar-refractivity contribution is 7.99. The Bertz CT molecular complexity index is 478. The third-order valence-corrected chi connectivity index (χ3v) is 3.60. The fraction of sp³-hybridized carbons (Fsp3) is 0.364. The van der Waals surface area contributed by atoms with Gasteiger partial charge in [0.2, 0.25) is 0 Å². The molecule has 0 aliphatic carbocycles. The van der Waals surface area contributed by atoms with Gasteiger partial charge < -0.3 is 4.90 Å². The van der Waals surface area contributed by atoms with Gasteiger partial charge in [-0.15, -0.1) is 0 Å². The van der Waals surface area contributed by atoms with Gasteiger partial charge in [-0.1, -0.05) is 0 Å². The predicted molar refractivity (Wildman–Crippen MR) is 67.3 cm³/mol. The highest BCUT2D eigenvalue weighted by Gasteiger charge is 2.21. The summed E-state index contributed by atoms with van der Waals surface area (Å²) in [5, 5.41) is 19.8. The first-order valence-electron chi connectivity index (χ1n) is 5.23. The number of rotatable bonds is 2. The Kier molecular flexibility index (Phi) is 3.49. The number of benzene rings is 1. The van der Waals surface area contributed by atoms with Crippen molar-refractivity contribution in [2.45, 2.75) is 0 Å². The van der Waals surface area contributed by atoms with E-state index in [1.165, 1.54) is 12.1 Å². The van der Waals surface area contributed by atoms with E-state index in [0.29, 0.717) is 11.3 Å². The zero-order chi connectivity index (χ0) is 12.3. The first-order chi connectivity index (χ1) is 8.22. The van der Waals surface area contributed by atoms with Gasteiger partial charge in [0.1, 0.15) is 5.69 Å². The van der Waals surface area contributed by atoms with Crippen molar-refractivity contribution in [2.75, 3.05) is 29.5 Å². The molecule has 17 heavy (non-hydrogen) atoms. The van der Waals surface area contributed by atoms with Crippen LogP contribution in [0.4, 0.5) is 11.4 Å². The molecule has 0 radical (unpaired) electrons. The number of hydrogen-bond donors (Lipinski definition) is 0. The SMILES string of the molecule is N#Cc1ccc([N+](=O)[O-])c(N2CCSCC2)c1. The lowest BCUT2D eigenvalue weighted by molar-refractivity contribution is -0.384. The van der Waals surface area contributed by atoms with Crippen LogP contribution in [-0.4, -0.2) is 29.5 Å². The predicted octanol–water partition coefficient (Wildman–Crippen LogP) is 2.02. The van der Waals surface area contributed by atoms with E-state index in [-0.39, 0.29) is 5.69 Å². The van der Waals surface area contributed by atoms with Crippen LogP contribution in [0.15, 0.2) is 18.2 Å². The fourth-order valence-electron chi connectivity index (χ4n) is 1.80. The Balaban J connectivity index is 2.41. The van der Waals surface area contributed by atoms with Gasteiger partial charge in [0.15, 0.2) is 0 Å². The van der Waals surface area contributed by atoms with Crippen LogP contribution in [0.25, 0.3) is 0 Å². The van der Waals surface area contributed by atoms with E-state index in [0.717, 1.165) is 24.6 Å². The zero-order valence-electron chi connectivity index (χ0n) is 9.13. The lowest BCUT2D eigenvalue weighted by Gasteiger charge is -2.28. The monoisotopic (exact) mass is 249 g/mol. The van der Waals surface area contributed by atoms with E-state index >= 15 is 0 Å². The molecule has 0 saturated carbocycles. The number of anilines is 1. The molecule has 1 heterocycles. The summed E-state index contributed by atoms with van der Waals surface area (Å²) in [6, 6.07) is 6.52. The van der Waals surface area contributed by atoms with Gasteiger partial charge >= 0.3 is 0 Å². The quantitative estimate of drug-likeness (QED) is 0.592. The number of thioether (sulfide) groups is 1. The molecule has 1 fully saturated rings. The van der Waals surface area contributed by atoms with Crippen LogP contribution in [-0.2, 0) is 0 Å². The van der Waals surface area contributed by atoms with E-state index in [1.54, 1.807) is 6.07 Å². The summed E-state index contributed by atoms with van der Waals surface area (Å²) < 4.78 is 0. The number of nitro benzene ring substituents is 1. The molecular formula is C11H11N3O2S. The molecule has 0 amide bonds. The summed E-state index contributed by atoms with van der Waals surface area (Å²) in [6.07, 6.45) is 0. The van der Waals surface area contributed by atoms with Gasteiger partial charge in [-0.2, -0.15) is 17.0 Å². The largest absolute Gasteiger partial charge is 0.364 e. The Hall–Kier alpha value is -1.74. The third kappa shape index (κ3) is 2.50. The van der Waals surface area contributed by atoms with E-state index in [1.807, 2.05) is 22.7 Å². The summed E-state index contributed by atoms with van der Waals surface area (Å²) in [4.78, 5) is 12.5. The Morgan fingerprint density at radius 1 is 1.41 bits per heavy atom. The summed E-state index contributed by atoms with van der Waals surface area (Å²) in [5.41, 5.74) is 1.11. The molecule has 0 unspecified atom stereocenters. The fourth-order valence-corrected chi connectivity index (χ4v) is 2.71. The maximum atomic E-state index is 11.0. The molecular weight excluding hydrogens is 238 g/mol. The van der Waals surface area contributed by atoms with Crippen molar-refractivity contribution < 1.29 is 4.92 Å². The average molecular weight is 249 g/mol. The molecule has 0 spiro atoms. The van der Waals surface area contributed by atoms with Crippen molar-refractivity contribution in [3.63, 3.8) is 0 Å². The molecule has 0 atom stereocenters. The van der Waals surface area contributed by atoms with Crippen LogP contribution in [0.2, 0.25) is 0 Å². The van der Waals surface area contributed by atoms with Crippen molar-refractivity contribution in [2.24, 2.45) is 0 Å². The number of nitriles is 1. The molecule has 0 bridgehead atoms. The molecule has 1 aliphatic rings. The molecule has 1 saturated heterocycles. The first-order valence-corrected chi connectivity index (χ1v) is 6.39. The highest BCUT2D eigenvalue weighted by atomic mass is 32.2. The van der Waals surface area contributed by atoms with Gasteiger partial charge in [-0.25, -0.2) is 0 Å². The molecule has 1 aromatic rings. The van der Waals surface area contributed by atoms with Crippen molar-refractivity contribution >= 4 is 23.1 Å². The Labute approximate surface area is 103 Å². The van der Waals surface area contributed by atoms with Crippen LogP contribution in [0.5, 0.6) is 0 Å². The normalized spacial score (nSPS) is 15.4. The standard InChI is InChI=1S/C11H11N3O2S/c12-8-9-1-2-10(14(15)16)11(7-9)13-3-5-17-6-4-13/h1-2,7H,3-6H2. The summed E-state index contributed by atoms with van der Waals surface area (Å²) in [7, 11) is 0. The van der Waals surface area contributed by atoms with Gasteiger partial charge in [-0.3, -0.25) is 10.1 Å². The second-order valence-corrected chi connectivity index (χ2v) is 4.90. The molecule has 1 aliphatic heterocycles. The van der Waals surface area contributed by atoms with E-state index in [2.05, 4.69) is 0 Å². The molecule has 5 nitrogen and oxygen atoms in total. The van der Waals surface area contributed by atoms with Crippen molar-refractivity contribution in [3.8, 4) is 6.07 Å². The van der Waals surface area contributed by atoms with Gasteiger partial charge in [-0.05, 0) is 12.1 Å². The second-order valence-electron chi connectivity index (χ2n) is 3.67. The van der Waals surface area contributed by atoms with E-state index < -0.39 is 4.92 Å². The average Bonchev–Trinajstić information content (AvgIpc) is 2.39. The third-order valence-electron chi connectivity index (χ3n) is 2.65. The number of nitrogens with zero attached hydrogens (tertiary/aromatic N) is 3. The molecule has 2 rings (SSSR count). The zero-order valence-corrected chi connectivity index (χ0v) is 9.94. The molecule has 0 aromatic heterocycles. The summed E-state index contributed by atoms with van der Waals surface area (Å²) in [6.45, 7) is 1.58. The molecule has 0 N–H and O–H groups in total. The second kappa shape index (κ2) is 5.06. The maximum absolute atomic E-state index is 11.0. The first kappa shape index (κ1) is 11.7. The number of hydrogen-bond acceptors (Lipinski definition) is 5. The minimum absolute atomic E-state index is 0.0795. The summed E-state index contributed by atoms with van der Waals surface area (Å²) >= 11 is 1.84.